The molecule has 2 aromatic rings. The van der Waals surface area contributed by atoms with Crippen LogP contribution in [0.1, 0.15) is 49.9 Å². The van der Waals surface area contributed by atoms with Gasteiger partial charge >= 0.3 is 0 Å². The van der Waals surface area contributed by atoms with Crippen LogP contribution in [0.25, 0.3) is 0 Å². The molecule has 0 saturated carbocycles. The first-order valence-electron chi connectivity index (χ1n) is 10.6. The SMILES string of the molecule is CCC(=O)C1=C(O)C(=O)N(c2ccc(C)cc2C)C1c1ccc(N(CC)CC)cc1. The minimum atomic E-state index is -0.642. The number of nitrogens with zero attached hydrogens (tertiary/aromatic N) is 2. The smallest absolute Gasteiger partial charge is 0.294 e. The zero-order valence-corrected chi connectivity index (χ0v) is 18.4. The van der Waals surface area contributed by atoms with Gasteiger partial charge in [0.05, 0.1) is 11.6 Å². The summed E-state index contributed by atoms with van der Waals surface area (Å²) in [6.45, 7) is 11.7. The lowest BCUT2D eigenvalue weighted by Crippen LogP contribution is -2.31. The number of carbonyl (C=O) groups is 2. The minimum absolute atomic E-state index is 0.179. The fourth-order valence-electron chi connectivity index (χ4n) is 4.18. The molecule has 5 nitrogen and oxygen atoms in total. The van der Waals surface area contributed by atoms with Crippen LogP contribution < -0.4 is 9.80 Å². The third-order valence-electron chi connectivity index (χ3n) is 5.78. The van der Waals surface area contributed by atoms with E-state index in [1.807, 2.05) is 56.3 Å². The van der Waals surface area contributed by atoms with Gasteiger partial charge in [0.1, 0.15) is 0 Å². The Morgan fingerprint density at radius 3 is 2.20 bits per heavy atom. The molecule has 0 fully saturated rings. The number of benzene rings is 2. The Kier molecular flexibility index (Phi) is 6.30. The Morgan fingerprint density at radius 1 is 1.03 bits per heavy atom. The number of aliphatic hydroxyl groups is 1. The molecule has 0 saturated heterocycles. The van der Waals surface area contributed by atoms with E-state index >= 15 is 0 Å². The summed E-state index contributed by atoms with van der Waals surface area (Å²) in [5.74, 6) is -1.19. The summed E-state index contributed by atoms with van der Waals surface area (Å²) in [6, 6.07) is 13.1. The lowest BCUT2D eigenvalue weighted by Gasteiger charge is -2.29. The predicted octanol–water partition coefficient (Wildman–Crippen LogP) is 5.03. The molecule has 1 atom stereocenters. The van der Waals surface area contributed by atoms with Crippen molar-refractivity contribution in [3.05, 3.63) is 70.5 Å². The number of ketones is 1. The van der Waals surface area contributed by atoms with E-state index in [-0.39, 0.29) is 17.8 Å². The van der Waals surface area contributed by atoms with Crippen molar-refractivity contribution >= 4 is 23.1 Å². The predicted molar refractivity (Wildman–Crippen MR) is 121 cm³/mol. The van der Waals surface area contributed by atoms with Gasteiger partial charge in [0.25, 0.3) is 5.91 Å². The first-order chi connectivity index (χ1) is 14.3. The normalized spacial score (nSPS) is 16.4. The molecule has 5 heteroatoms. The van der Waals surface area contributed by atoms with Crippen molar-refractivity contribution in [1.29, 1.82) is 0 Å². The van der Waals surface area contributed by atoms with Gasteiger partial charge in [0.15, 0.2) is 11.5 Å². The van der Waals surface area contributed by atoms with E-state index in [1.165, 1.54) is 0 Å². The van der Waals surface area contributed by atoms with E-state index in [2.05, 4.69) is 18.7 Å². The highest BCUT2D eigenvalue weighted by molar-refractivity contribution is 6.16. The minimum Gasteiger partial charge on any atom is -0.503 e. The Labute approximate surface area is 178 Å². The van der Waals surface area contributed by atoms with Crippen LogP contribution in [0, 0.1) is 13.8 Å². The van der Waals surface area contributed by atoms with Crippen LogP contribution in [0.5, 0.6) is 0 Å². The van der Waals surface area contributed by atoms with E-state index in [1.54, 1.807) is 11.8 Å². The van der Waals surface area contributed by atoms with Crippen LogP contribution >= 0.6 is 0 Å². The number of anilines is 2. The van der Waals surface area contributed by atoms with Crippen LogP contribution in [-0.4, -0.2) is 29.9 Å². The quantitative estimate of drug-likeness (QED) is 0.701. The van der Waals surface area contributed by atoms with Crippen LogP contribution in [0.15, 0.2) is 53.8 Å². The fraction of sp³-hybridized carbons (Fsp3) is 0.360. The Balaban J connectivity index is 2.14. The van der Waals surface area contributed by atoms with E-state index in [0.29, 0.717) is 5.69 Å². The number of aryl methyl sites for hydroxylation is 2. The molecule has 0 radical (unpaired) electrons. The number of Topliss-reactive ketones (excluding diaryl/α,β-unsaturated/α-hetero) is 1. The Bertz CT molecular complexity index is 988. The molecule has 1 heterocycles. The van der Waals surface area contributed by atoms with Gasteiger partial charge in [-0.25, -0.2) is 0 Å². The van der Waals surface area contributed by atoms with Crippen molar-refractivity contribution < 1.29 is 14.7 Å². The summed E-state index contributed by atoms with van der Waals surface area (Å²) in [6.07, 6.45) is 0.224. The number of amides is 1. The molecule has 0 spiro atoms. The van der Waals surface area contributed by atoms with E-state index in [9.17, 15) is 14.7 Å². The van der Waals surface area contributed by atoms with Gasteiger partial charge in [-0.15, -0.1) is 0 Å². The molecule has 0 bridgehead atoms. The summed E-state index contributed by atoms with van der Waals surface area (Å²) in [5, 5.41) is 10.6. The molecule has 1 amide bonds. The first-order valence-corrected chi connectivity index (χ1v) is 10.6. The van der Waals surface area contributed by atoms with Crippen LogP contribution in [0.2, 0.25) is 0 Å². The number of aliphatic hydroxyl groups excluding tert-OH is 1. The summed E-state index contributed by atoms with van der Waals surface area (Å²) >= 11 is 0. The van der Waals surface area contributed by atoms with Crippen LogP contribution in [0.3, 0.4) is 0 Å². The molecule has 0 aliphatic carbocycles. The highest BCUT2D eigenvalue weighted by Crippen LogP contribution is 2.42. The zero-order chi connectivity index (χ0) is 22.0. The lowest BCUT2D eigenvalue weighted by atomic mass is 9.94. The van der Waals surface area contributed by atoms with Gasteiger partial charge in [0.2, 0.25) is 0 Å². The van der Waals surface area contributed by atoms with Gasteiger partial charge < -0.3 is 10.0 Å². The highest BCUT2D eigenvalue weighted by atomic mass is 16.3. The van der Waals surface area contributed by atoms with E-state index in [0.717, 1.165) is 35.5 Å². The van der Waals surface area contributed by atoms with E-state index in [4.69, 9.17) is 0 Å². The molecule has 1 aliphatic heterocycles. The maximum absolute atomic E-state index is 13.1. The maximum atomic E-state index is 13.1. The molecule has 2 aromatic carbocycles. The van der Waals surface area contributed by atoms with Gasteiger partial charge in [-0.3, -0.25) is 14.5 Å². The number of rotatable bonds is 7. The largest absolute Gasteiger partial charge is 0.503 e. The Morgan fingerprint density at radius 2 is 1.67 bits per heavy atom. The number of hydrogen-bond donors (Lipinski definition) is 1. The van der Waals surface area contributed by atoms with Gasteiger partial charge in [-0.1, -0.05) is 36.8 Å². The third-order valence-corrected chi connectivity index (χ3v) is 5.78. The summed E-state index contributed by atoms with van der Waals surface area (Å²) in [4.78, 5) is 29.6. The standard InChI is InChI=1S/C25H30N2O3/c1-6-21(28)22-23(18-10-12-19(13-11-18)26(7-2)8-3)27(25(30)24(22)29)20-14-9-16(4)15-17(20)5/h9-15,23,29H,6-8H2,1-5H3. The maximum Gasteiger partial charge on any atom is 0.294 e. The second-order valence-corrected chi connectivity index (χ2v) is 7.67. The fourth-order valence-corrected chi connectivity index (χ4v) is 4.18. The number of hydrogen-bond acceptors (Lipinski definition) is 4. The molecule has 158 valence electrons. The molecular weight excluding hydrogens is 376 g/mol. The van der Waals surface area contributed by atoms with Crippen LogP contribution in [0.4, 0.5) is 11.4 Å². The third kappa shape index (κ3) is 3.72. The molecule has 0 aromatic heterocycles. The van der Waals surface area contributed by atoms with Crippen molar-refractivity contribution in [3.8, 4) is 0 Å². The second-order valence-electron chi connectivity index (χ2n) is 7.67. The molecule has 1 N–H and O–H groups in total. The van der Waals surface area contributed by atoms with Crippen molar-refractivity contribution in [2.45, 2.75) is 47.1 Å². The average molecular weight is 407 g/mol. The van der Waals surface area contributed by atoms with E-state index < -0.39 is 17.7 Å². The molecule has 3 rings (SSSR count). The topological polar surface area (TPSA) is 60.9 Å². The average Bonchev–Trinajstić information content (AvgIpc) is 3.00. The van der Waals surface area contributed by atoms with Gasteiger partial charge in [0, 0.05) is 30.9 Å². The Hall–Kier alpha value is -3.08. The zero-order valence-electron chi connectivity index (χ0n) is 18.4. The van der Waals surface area contributed by atoms with Crippen molar-refractivity contribution in [2.24, 2.45) is 0 Å². The van der Waals surface area contributed by atoms with Crippen molar-refractivity contribution in [2.75, 3.05) is 22.9 Å². The van der Waals surface area contributed by atoms with Crippen LogP contribution in [-0.2, 0) is 9.59 Å². The molecule has 30 heavy (non-hydrogen) atoms. The van der Waals surface area contributed by atoms with Gasteiger partial charge in [-0.05, 0) is 57.0 Å². The monoisotopic (exact) mass is 406 g/mol. The second kappa shape index (κ2) is 8.74. The lowest BCUT2D eigenvalue weighted by molar-refractivity contribution is -0.118. The first kappa shape index (κ1) is 21.6. The summed E-state index contributed by atoms with van der Waals surface area (Å²) in [5.41, 5.74) is 4.78. The summed E-state index contributed by atoms with van der Waals surface area (Å²) < 4.78 is 0. The molecular formula is C25H30N2O3. The summed E-state index contributed by atoms with van der Waals surface area (Å²) in [7, 11) is 0. The highest BCUT2D eigenvalue weighted by Gasteiger charge is 2.44. The molecule has 1 unspecified atom stereocenters. The van der Waals surface area contributed by atoms with Crippen molar-refractivity contribution in [3.63, 3.8) is 0 Å². The van der Waals surface area contributed by atoms with Crippen molar-refractivity contribution in [1.82, 2.24) is 0 Å². The number of carbonyl (C=O) groups excluding carboxylic acids is 2. The van der Waals surface area contributed by atoms with Gasteiger partial charge in [-0.2, -0.15) is 0 Å². The molecule has 1 aliphatic rings.